The lowest BCUT2D eigenvalue weighted by Gasteiger charge is -2.35. The van der Waals surface area contributed by atoms with Gasteiger partial charge >= 0.3 is 0 Å². The minimum atomic E-state index is 0.319. The van der Waals surface area contributed by atoms with Crippen molar-refractivity contribution in [1.29, 1.82) is 0 Å². The number of piperidine rings is 1. The van der Waals surface area contributed by atoms with Crippen molar-refractivity contribution in [2.45, 2.75) is 45.2 Å². The first kappa shape index (κ1) is 12.9. The normalized spacial score (nSPS) is 21.6. The molecule has 0 saturated carbocycles. The maximum absolute atomic E-state index is 9.49. The van der Waals surface area contributed by atoms with E-state index < -0.39 is 0 Å². The third-order valence-electron chi connectivity index (χ3n) is 3.62. The van der Waals surface area contributed by atoms with Gasteiger partial charge in [-0.25, -0.2) is 0 Å². The number of phenolic OH excluding ortho intramolecular Hbond substituents is 1. The van der Waals surface area contributed by atoms with Gasteiger partial charge in [-0.3, -0.25) is 4.90 Å². The molecule has 1 aromatic rings. The van der Waals surface area contributed by atoms with Crippen LogP contribution in [0.5, 0.6) is 5.75 Å². The molecule has 0 aliphatic carbocycles. The van der Waals surface area contributed by atoms with Crippen molar-refractivity contribution >= 4 is 15.9 Å². The highest BCUT2D eigenvalue weighted by molar-refractivity contribution is 9.10. The highest BCUT2D eigenvalue weighted by Gasteiger charge is 2.20. The van der Waals surface area contributed by atoms with Crippen LogP contribution in [0.25, 0.3) is 0 Å². The Bertz CT molecular complexity index is 380. The standard InChI is InChI=1S/C14H20BrNO/c1-2-12-5-3-4-8-16(12)10-11-6-7-14(17)13(15)9-11/h6-7,9,12,17H,2-5,8,10H2,1H3. The SMILES string of the molecule is CCC1CCCCN1Cc1ccc(O)c(Br)c1. The van der Waals surface area contributed by atoms with Crippen LogP contribution in [0.15, 0.2) is 22.7 Å². The Hall–Kier alpha value is -0.540. The minimum absolute atomic E-state index is 0.319. The summed E-state index contributed by atoms with van der Waals surface area (Å²) in [4.78, 5) is 2.57. The van der Waals surface area contributed by atoms with Gasteiger partial charge in [0.05, 0.1) is 4.47 Å². The van der Waals surface area contributed by atoms with Crippen molar-refractivity contribution in [1.82, 2.24) is 4.90 Å². The number of aromatic hydroxyl groups is 1. The molecule has 2 rings (SSSR count). The molecule has 1 fully saturated rings. The second kappa shape index (κ2) is 5.87. The van der Waals surface area contributed by atoms with Crippen LogP contribution in [0.2, 0.25) is 0 Å². The second-order valence-electron chi connectivity index (χ2n) is 4.81. The number of hydrogen-bond acceptors (Lipinski definition) is 2. The highest BCUT2D eigenvalue weighted by atomic mass is 79.9. The number of halogens is 1. The van der Waals surface area contributed by atoms with Crippen LogP contribution in [-0.4, -0.2) is 22.6 Å². The molecule has 0 aromatic heterocycles. The Morgan fingerprint density at radius 1 is 1.41 bits per heavy atom. The summed E-state index contributed by atoms with van der Waals surface area (Å²) in [6.45, 7) is 4.48. The van der Waals surface area contributed by atoms with E-state index in [-0.39, 0.29) is 0 Å². The van der Waals surface area contributed by atoms with E-state index in [0.29, 0.717) is 5.75 Å². The predicted molar refractivity (Wildman–Crippen MR) is 74.1 cm³/mol. The van der Waals surface area contributed by atoms with Crippen molar-refractivity contribution in [2.24, 2.45) is 0 Å². The monoisotopic (exact) mass is 297 g/mol. The largest absolute Gasteiger partial charge is 0.507 e. The number of likely N-dealkylation sites (tertiary alicyclic amines) is 1. The van der Waals surface area contributed by atoms with E-state index in [2.05, 4.69) is 27.8 Å². The van der Waals surface area contributed by atoms with Gasteiger partial charge in [0.2, 0.25) is 0 Å². The van der Waals surface area contributed by atoms with E-state index in [1.54, 1.807) is 6.07 Å². The van der Waals surface area contributed by atoms with Crippen molar-refractivity contribution < 1.29 is 5.11 Å². The van der Waals surface area contributed by atoms with Gasteiger partial charge in [-0.2, -0.15) is 0 Å². The molecule has 1 atom stereocenters. The van der Waals surface area contributed by atoms with E-state index in [1.807, 2.05) is 12.1 Å². The molecule has 1 aliphatic rings. The first-order valence-electron chi connectivity index (χ1n) is 6.42. The number of benzene rings is 1. The Morgan fingerprint density at radius 3 is 2.94 bits per heavy atom. The Morgan fingerprint density at radius 2 is 2.24 bits per heavy atom. The quantitative estimate of drug-likeness (QED) is 0.914. The molecular formula is C14H20BrNO. The van der Waals surface area contributed by atoms with Gasteiger partial charge in [-0.15, -0.1) is 0 Å². The van der Waals surface area contributed by atoms with Gasteiger partial charge in [-0.05, 0) is 59.4 Å². The molecule has 0 radical (unpaired) electrons. The van der Waals surface area contributed by atoms with E-state index >= 15 is 0 Å². The summed E-state index contributed by atoms with van der Waals surface area (Å²) in [6.07, 6.45) is 5.25. The van der Waals surface area contributed by atoms with Crippen molar-refractivity contribution in [3.63, 3.8) is 0 Å². The smallest absolute Gasteiger partial charge is 0.129 e. The fourth-order valence-corrected chi connectivity index (χ4v) is 3.04. The molecule has 1 N–H and O–H groups in total. The van der Waals surface area contributed by atoms with Crippen molar-refractivity contribution in [2.75, 3.05) is 6.54 Å². The number of phenols is 1. The van der Waals surface area contributed by atoms with Gasteiger partial charge in [0.25, 0.3) is 0 Å². The number of rotatable bonds is 3. The first-order chi connectivity index (χ1) is 8.20. The second-order valence-corrected chi connectivity index (χ2v) is 5.67. The molecular weight excluding hydrogens is 278 g/mol. The summed E-state index contributed by atoms with van der Waals surface area (Å²) in [5, 5.41) is 9.49. The van der Waals surface area contributed by atoms with E-state index in [9.17, 15) is 5.11 Å². The fourth-order valence-electron chi connectivity index (χ4n) is 2.61. The summed E-state index contributed by atoms with van der Waals surface area (Å²) in [6, 6.07) is 6.54. The van der Waals surface area contributed by atoms with Crippen LogP contribution < -0.4 is 0 Å². The maximum Gasteiger partial charge on any atom is 0.129 e. The molecule has 3 heteroatoms. The van der Waals surface area contributed by atoms with E-state index in [0.717, 1.165) is 17.1 Å². The van der Waals surface area contributed by atoms with E-state index in [4.69, 9.17) is 0 Å². The molecule has 94 valence electrons. The van der Waals surface area contributed by atoms with Gasteiger partial charge < -0.3 is 5.11 Å². The molecule has 0 amide bonds. The lowest BCUT2D eigenvalue weighted by molar-refractivity contribution is 0.136. The third kappa shape index (κ3) is 3.23. The average molecular weight is 298 g/mol. The predicted octanol–water partition coefficient (Wildman–Crippen LogP) is 3.92. The Balaban J connectivity index is 2.05. The molecule has 1 unspecified atom stereocenters. The maximum atomic E-state index is 9.49. The fraction of sp³-hybridized carbons (Fsp3) is 0.571. The van der Waals surface area contributed by atoms with Crippen LogP contribution in [0, 0.1) is 0 Å². The summed E-state index contributed by atoms with van der Waals surface area (Å²) in [5.74, 6) is 0.319. The Kier molecular flexibility index (Phi) is 4.46. The zero-order valence-corrected chi connectivity index (χ0v) is 11.9. The molecule has 1 heterocycles. The first-order valence-corrected chi connectivity index (χ1v) is 7.21. The average Bonchev–Trinajstić information content (AvgIpc) is 2.34. The van der Waals surface area contributed by atoms with Gasteiger partial charge in [0.1, 0.15) is 5.75 Å². The third-order valence-corrected chi connectivity index (χ3v) is 4.25. The summed E-state index contributed by atoms with van der Waals surface area (Å²) in [7, 11) is 0. The van der Waals surface area contributed by atoms with Crippen LogP contribution in [0.4, 0.5) is 0 Å². The van der Waals surface area contributed by atoms with Gasteiger partial charge in [0.15, 0.2) is 0 Å². The highest BCUT2D eigenvalue weighted by Crippen LogP contribution is 2.27. The molecule has 2 nitrogen and oxygen atoms in total. The van der Waals surface area contributed by atoms with Crippen LogP contribution in [-0.2, 0) is 6.54 Å². The van der Waals surface area contributed by atoms with E-state index in [1.165, 1.54) is 37.8 Å². The van der Waals surface area contributed by atoms with Crippen LogP contribution in [0.1, 0.15) is 38.2 Å². The lowest BCUT2D eigenvalue weighted by atomic mass is 9.99. The topological polar surface area (TPSA) is 23.5 Å². The Labute approximate surface area is 112 Å². The molecule has 0 bridgehead atoms. The van der Waals surface area contributed by atoms with Crippen molar-refractivity contribution in [3.05, 3.63) is 28.2 Å². The van der Waals surface area contributed by atoms with Crippen LogP contribution in [0.3, 0.4) is 0 Å². The zero-order valence-electron chi connectivity index (χ0n) is 10.3. The van der Waals surface area contributed by atoms with Gasteiger partial charge in [-0.1, -0.05) is 19.4 Å². The molecule has 1 aliphatic heterocycles. The summed E-state index contributed by atoms with van der Waals surface area (Å²) >= 11 is 3.37. The summed E-state index contributed by atoms with van der Waals surface area (Å²) in [5.41, 5.74) is 1.27. The van der Waals surface area contributed by atoms with Gasteiger partial charge in [0, 0.05) is 12.6 Å². The molecule has 1 saturated heterocycles. The summed E-state index contributed by atoms with van der Waals surface area (Å²) < 4.78 is 0.792. The van der Waals surface area contributed by atoms with Crippen LogP contribution >= 0.6 is 15.9 Å². The lowest BCUT2D eigenvalue weighted by Crippen LogP contribution is -2.38. The number of nitrogens with zero attached hydrogens (tertiary/aromatic N) is 1. The van der Waals surface area contributed by atoms with Crippen molar-refractivity contribution in [3.8, 4) is 5.75 Å². The molecule has 1 aromatic carbocycles. The number of hydrogen-bond donors (Lipinski definition) is 1. The molecule has 0 spiro atoms. The minimum Gasteiger partial charge on any atom is -0.507 e. The molecule has 17 heavy (non-hydrogen) atoms. The zero-order chi connectivity index (χ0) is 12.3.